The zero-order valence-corrected chi connectivity index (χ0v) is 17.3. The number of carbonyl (C=O) groups is 1. The number of hydrogen-bond acceptors (Lipinski definition) is 5. The smallest absolute Gasteiger partial charge is 0.269 e. The van der Waals surface area contributed by atoms with E-state index in [4.69, 9.17) is 0 Å². The molecule has 4 rings (SSSR count). The molecule has 1 N–H and O–H groups in total. The number of rotatable bonds is 9. The number of non-ortho nitro benzene ring substituents is 1. The lowest BCUT2D eigenvalue weighted by molar-refractivity contribution is -0.384. The van der Waals surface area contributed by atoms with Gasteiger partial charge in [0, 0.05) is 54.9 Å². The predicted octanol–water partition coefficient (Wildman–Crippen LogP) is 3.39. The van der Waals surface area contributed by atoms with Crippen molar-refractivity contribution in [3.63, 3.8) is 0 Å². The van der Waals surface area contributed by atoms with Gasteiger partial charge in [0.05, 0.1) is 22.7 Å². The molecule has 0 aliphatic carbocycles. The van der Waals surface area contributed by atoms with Crippen LogP contribution in [-0.4, -0.2) is 36.9 Å². The number of nitrogens with one attached hydrogen (secondary N) is 1. The Morgan fingerprint density at radius 3 is 2.53 bits per heavy atom. The predicted molar refractivity (Wildman–Crippen MR) is 119 cm³/mol. The summed E-state index contributed by atoms with van der Waals surface area (Å²) in [6.45, 7) is 1.27. The molecule has 9 heteroatoms. The molecule has 162 valence electrons. The minimum absolute atomic E-state index is 0.00715. The largest absolute Gasteiger partial charge is 0.356 e. The molecule has 9 nitrogen and oxygen atoms in total. The van der Waals surface area contributed by atoms with Gasteiger partial charge < -0.3 is 5.32 Å². The van der Waals surface area contributed by atoms with Crippen LogP contribution < -0.4 is 5.32 Å². The second-order valence-corrected chi connectivity index (χ2v) is 7.24. The number of carbonyl (C=O) groups excluding carboxylic acids is 1. The molecular formula is C23H22N6O3. The normalized spacial score (nSPS) is 10.8. The molecule has 0 atom stereocenters. The molecule has 0 spiro atoms. The zero-order chi connectivity index (χ0) is 22.3. The van der Waals surface area contributed by atoms with E-state index in [9.17, 15) is 14.9 Å². The van der Waals surface area contributed by atoms with Crippen molar-refractivity contribution >= 4 is 11.6 Å². The lowest BCUT2D eigenvalue weighted by atomic mass is 10.1. The lowest BCUT2D eigenvalue weighted by Crippen LogP contribution is -2.27. The molecule has 0 fully saturated rings. The topological polar surface area (TPSA) is 108 Å². The second kappa shape index (κ2) is 9.69. The molecule has 4 aromatic rings. The number of nitro benzene ring substituents is 1. The van der Waals surface area contributed by atoms with Gasteiger partial charge in [0.15, 0.2) is 0 Å². The van der Waals surface area contributed by atoms with Crippen LogP contribution in [0.15, 0.2) is 79.3 Å². The Balaban J connectivity index is 1.50. The van der Waals surface area contributed by atoms with Gasteiger partial charge in [-0.05, 0) is 36.8 Å². The number of amides is 1. The minimum atomic E-state index is -0.441. The summed E-state index contributed by atoms with van der Waals surface area (Å²) in [5.41, 5.74) is 2.95. The Morgan fingerprint density at radius 2 is 1.84 bits per heavy atom. The summed E-state index contributed by atoms with van der Waals surface area (Å²) < 4.78 is 3.54. The van der Waals surface area contributed by atoms with Crippen molar-refractivity contribution in [2.24, 2.45) is 0 Å². The highest BCUT2D eigenvalue weighted by molar-refractivity contribution is 5.81. The van der Waals surface area contributed by atoms with E-state index in [0.29, 0.717) is 17.8 Å². The van der Waals surface area contributed by atoms with Gasteiger partial charge in [-0.1, -0.05) is 18.2 Å². The molecule has 2 aromatic carbocycles. The standard InChI is InChI=1S/C23H22N6O3/c30-22(24-12-4-14-27-15-5-13-25-27)16-19-17-28(20-6-2-1-3-7-20)26-23(19)18-8-10-21(11-9-18)29(31)32/h1-3,5-11,13,15,17H,4,12,14,16H2,(H,24,30). The van der Waals surface area contributed by atoms with Crippen molar-refractivity contribution in [1.82, 2.24) is 24.9 Å². The van der Waals surface area contributed by atoms with Crippen LogP contribution in [0.1, 0.15) is 12.0 Å². The fraction of sp³-hybridized carbons (Fsp3) is 0.174. The third-order valence-electron chi connectivity index (χ3n) is 4.96. The van der Waals surface area contributed by atoms with Crippen LogP contribution in [-0.2, 0) is 17.8 Å². The van der Waals surface area contributed by atoms with Crippen LogP contribution in [0.5, 0.6) is 0 Å². The molecule has 1 amide bonds. The van der Waals surface area contributed by atoms with Crippen LogP contribution in [0, 0.1) is 10.1 Å². The summed E-state index contributed by atoms with van der Waals surface area (Å²) in [6.07, 6.45) is 6.36. The highest BCUT2D eigenvalue weighted by atomic mass is 16.6. The maximum absolute atomic E-state index is 12.6. The second-order valence-electron chi connectivity index (χ2n) is 7.24. The Morgan fingerprint density at radius 1 is 1.06 bits per heavy atom. The average molecular weight is 430 g/mol. The van der Waals surface area contributed by atoms with Crippen LogP contribution >= 0.6 is 0 Å². The van der Waals surface area contributed by atoms with Gasteiger partial charge >= 0.3 is 0 Å². The number of nitro groups is 1. The number of aromatic nitrogens is 4. The highest BCUT2D eigenvalue weighted by Gasteiger charge is 2.16. The van der Waals surface area contributed by atoms with Crippen molar-refractivity contribution in [3.8, 4) is 16.9 Å². The molecule has 2 heterocycles. The van der Waals surface area contributed by atoms with Gasteiger partial charge in [-0.2, -0.15) is 10.2 Å². The summed E-state index contributed by atoms with van der Waals surface area (Å²) in [5, 5.41) is 22.7. The first-order chi connectivity index (χ1) is 15.6. The fourth-order valence-corrected chi connectivity index (χ4v) is 3.37. The van der Waals surface area contributed by atoms with E-state index in [1.807, 2.05) is 53.5 Å². The van der Waals surface area contributed by atoms with Crippen LogP contribution in [0.3, 0.4) is 0 Å². The number of hydrogen-bond donors (Lipinski definition) is 1. The quantitative estimate of drug-likeness (QED) is 0.249. The summed E-state index contributed by atoms with van der Waals surface area (Å²) >= 11 is 0. The molecular weight excluding hydrogens is 408 g/mol. The minimum Gasteiger partial charge on any atom is -0.356 e. The van der Waals surface area contributed by atoms with E-state index in [1.54, 1.807) is 23.0 Å². The van der Waals surface area contributed by atoms with Crippen molar-refractivity contribution in [3.05, 3.63) is 94.9 Å². The van der Waals surface area contributed by atoms with Crippen LogP contribution in [0.4, 0.5) is 5.69 Å². The molecule has 0 unspecified atom stereocenters. The SMILES string of the molecule is O=C(Cc1cn(-c2ccccc2)nc1-c1ccc([N+](=O)[O-])cc1)NCCCn1cccn1. The zero-order valence-electron chi connectivity index (χ0n) is 17.3. The van der Waals surface area contributed by atoms with Gasteiger partial charge in [-0.15, -0.1) is 0 Å². The first kappa shape index (κ1) is 21.0. The Kier molecular flexibility index (Phi) is 6.35. The maximum Gasteiger partial charge on any atom is 0.269 e. The van der Waals surface area contributed by atoms with Gasteiger partial charge in [-0.25, -0.2) is 4.68 Å². The first-order valence-corrected chi connectivity index (χ1v) is 10.2. The third kappa shape index (κ3) is 5.07. The number of aryl methyl sites for hydroxylation is 1. The third-order valence-corrected chi connectivity index (χ3v) is 4.96. The number of benzene rings is 2. The van der Waals surface area contributed by atoms with Crippen molar-refractivity contribution in [1.29, 1.82) is 0 Å². The van der Waals surface area contributed by atoms with Crippen molar-refractivity contribution in [2.45, 2.75) is 19.4 Å². The Bertz CT molecular complexity index is 1180. The first-order valence-electron chi connectivity index (χ1n) is 10.2. The van der Waals surface area contributed by atoms with Gasteiger partial charge in [0.1, 0.15) is 0 Å². The number of nitrogens with zero attached hydrogens (tertiary/aromatic N) is 5. The summed E-state index contributed by atoms with van der Waals surface area (Å²) in [4.78, 5) is 23.1. The summed E-state index contributed by atoms with van der Waals surface area (Å²) in [7, 11) is 0. The molecule has 0 aliphatic heterocycles. The number of para-hydroxylation sites is 1. The highest BCUT2D eigenvalue weighted by Crippen LogP contribution is 2.26. The Labute approximate surface area is 184 Å². The molecule has 2 aromatic heterocycles. The monoisotopic (exact) mass is 430 g/mol. The summed E-state index contributed by atoms with van der Waals surface area (Å²) in [6, 6.07) is 17.6. The van der Waals surface area contributed by atoms with E-state index < -0.39 is 4.92 Å². The van der Waals surface area contributed by atoms with Gasteiger partial charge in [0.25, 0.3) is 5.69 Å². The maximum atomic E-state index is 12.6. The fourth-order valence-electron chi connectivity index (χ4n) is 3.37. The molecule has 0 saturated heterocycles. The molecule has 0 bridgehead atoms. The average Bonchev–Trinajstić information content (AvgIpc) is 3.48. The van der Waals surface area contributed by atoms with E-state index in [2.05, 4.69) is 15.5 Å². The van der Waals surface area contributed by atoms with Gasteiger partial charge in [-0.3, -0.25) is 19.6 Å². The van der Waals surface area contributed by atoms with Crippen molar-refractivity contribution < 1.29 is 9.72 Å². The molecule has 0 aliphatic rings. The lowest BCUT2D eigenvalue weighted by Gasteiger charge is -2.06. The molecule has 32 heavy (non-hydrogen) atoms. The van der Waals surface area contributed by atoms with Gasteiger partial charge in [0.2, 0.25) is 5.91 Å². The van der Waals surface area contributed by atoms with E-state index in [0.717, 1.165) is 24.2 Å². The molecule has 0 radical (unpaired) electrons. The van der Waals surface area contributed by atoms with E-state index in [1.165, 1.54) is 12.1 Å². The molecule has 0 saturated carbocycles. The van der Waals surface area contributed by atoms with Crippen LogP contribution in [0.25, 0.3) is 16.9 Å². The van der Waals surface area contributed by atoms with E-state index >= 15 is 0 Å². The van der Waals surface area contributed by atoms with Crippen molar-refractivity contribution in [2.75, 3.05) is 6.54 Å². The van der Waals surface area contributed by atoms with Crippen LogP contribution in [0.2, 0.25) is 0 Å². The van der Waals surface area contributed by atoms with E-state index in [-0.39, 0.29) is 18.0 Å². The summed E-state index contributed by atoms with van der Waals surface area (Å²) in [5.74, 6) is -0.110. The Hall–Kier alpha value is -4.27.